The van der Waals surface area contributed by atoms with Crippen molar-refractivity contribution in [2.24, 2.45) is 0 Å². The lowest BCUT2D eigenvalue weighted by molar-refractivity contribution is -0.147. The summed E-state index contributed by atoms with van der Waals surface area (Å²) in [5, 5.41) is 8.98. The summed E-state index contributed by atoms with van der Waals surface area (Å²) in [5.41, 5.74) is 0.724. The topological polar surface area (TPSA) is 73.2 Å². The number of aryl methyl sites for hydroxylation is 1. The fraction of sp³-hybridized carbons (Fsp3) is 0.350. The second kappa shape index (κ2) is 7.93. The molecule has 2 heterocycles. The predicted octanol–water partition coefficient (Wildman–Crippen LogP) is 4.18. The molecule has 8 heteroatoms. The molecule has 1 aromatic carbocycles. The summed E-state index contributed by atoms with van der Waals surface area (Å²) >= 11 is 7.62. The molecule has 0 aliphatic heterocycles. The average molecular weight is 420 g/mol. The van der Waals surface area contributed by atoms with E-state index < -0.39 is 11.5 Å². The van der Waals surface area contributed by atoms with E-state index in [-0.39, 0.29) is 5.91 Å². The van der Waals surface area contributed by atoms with Gasteiger partial charge in [0.2, 0.25) is 0 Å². The summed E-state index contributed by atoms with van der Waals surface area (Å²) in [7, 11) is 1.31. The molecule has 6 nitrogen and oxygen atoms in total. The van der Waals surface area contributed by atoms with Crippen LogP contribution in [-0.2, 0) is 16.1 Å². The molecule has 0 aliphatic carbocycles. The Hall–Kier alpha value is -2.38. The van der Waals surface area contributed by atoms with Gasteiger partial charge in [0.05, 0.1) is 24.2 Å². The summed E-state index contributed by atoms with van der Waals surface area (Å²) in [6.45, 7) is 5.91. The number of fused-ring (bicyclic) bond motifs is 1. The summed E-state index contributed by atoms with van der Waals surface area (Å²) in [6, 6.07) is 9.43. The van der Waals surface area contributed by atoms with E-state index in [1.807, 2.05) is 48.9 Å². The fourth-order valence-corrected chi connectivity index (χ4v) is 4.19. The van der Waals surface area contributed by atoms with Gasteiger partial charge in [-0.1, -0.05) is 36.7 Å². The molecule has 28 heavy (non-hydrogen) atoms. The van der Waals surface area contributed by atoms with Gasteiger partial charge in [-0.3, -0.25) is 9.48 Å². The largest absolute Gasteiger partial charge is 0.467 e. The number of nitrogens with zero attached hydrogens (tertiary/aromatic N) is 2. The normalized spacial score (nSPS) is 13.3. The molecule has 0 saturated carbocycles. The molecule has 0 radical (unpaired) electrons. The van der Waals surface area contributed by atoms with Crippen molar-refractivity contribution in [1.82, 2.24) is 15.1 Å². The summed E-state index contributed by atoms with van der Waals surface area (Å²) in [4.78, 5) is 26.2. The van der Waals surface area contributed by atoms with Crippen LogP contribution >= 0.6 is 22.9 Å². The number of carbonyl (C=O) groups is 2. The highest BCUT2D eigenvalue weighted by atomic mass is 35.5. The van der Waals surface area contributed by atoms with Crippen LogP contribution < -0.4 is 5.32 Å². The molecule has 0 aliphatic rings. The molecule has 3 aromatic rings. The molecule has 1 atom stereocenters. The lowest BCUT2D eigenvalue weighted by atomic mass is 9.99. The van der Waals surface area contributed by atoms with Crippen LogP contribution in [0.3, 0.4) is 0 Å². The van der Waals surface area contributed by atoms with E-state index in [0.29, 0.717) is 22.9 Å². The van der Waals surface area contributed by atoms with E-state index in [4.69, 9.17) is 16.3 Å². The number of halogens is 1. The highest BCUT2D eigenvalue weighted by molar-refractivity contribution is 7.20. The van der Waals surface area contributed by atoms with Crippen molar-refractivity contribution >= 4 is 45.0 Å². The maximum atomic E-state index is 12.8. The van der Waals surface area contributed by atoms with Gasteiger partial charge in [-0.05, 0) is 38.0 Å². The molecular formula is C20H22ClN3O3S. The van der Waals surface area contributed by atoms with Crippen molar-refractivity contribution in [3.8, 4) is 0 Å². The minimum absolute atomic E-state index is 0.306. The molecule has 1 N–H and O–H groups in total. The maximum absolute atomic E-state index is 12.8. The number of carbonyl (C=O) groups excluding carboxylic acids is 2. The number of hydrogen-bond acceptors (Lipinski definition) is 5. The van der Waals surface area contributed by atoms with E-state index in [1.165, 1.54) is 18.4 Å². The first kappa shape index (κ1) is 20.4. The van der Waals surface area contributed by atoms with E-state index in [2.05, 4.69) is 10.4 Å². The molecular weight excluding hydrogens is 398 g/mol. The van der Waals surface area contributed by atoms with Crippen LogP contribution in [0.2, 0.25) is 5.02 Å². The Labute approximate surface area is 172 Å². The van der Waals surface area contributed by atoms with Crippen LogP contribution in [0.15, 0.2) is 30.3 Å². The molecule has 2 aromatic heterocycles. The third kappa shape index (κ3) is 3.77. The van der Waals surface area contributed by atoms with Crippen LogP contribution in [0.4, 0.5) is 0 Å². The molecule has 148 valence electrons. The van der Waals surface area contributed by atoms with Gasteiger partial charge >= 0.3 is 5.97 Å². The average Bonchev–Trinajstić information content (AvgIpc) is 3.24. The lowest BCUT2D eigenvalue weighted by Gasteiger charge is -2.26. The van der Waals surface area contributed by atoms with Crippen molar-refractivity contribution in [3.63, 3.8) is 0 Å². The van der Waals surface area contributed by atoms with Crippen LogP contribution in [0.1, 0.15) is 41.2 Å². The Balaban J connectivity index is 1.91. The quantitative estimate of drug-likeness (QED) is 0.608. The van der Waals surface area contributed by atoms with Crippen LogP contribution in [0, 0.1) is 6.92 Å². The van der Waals surface area contributed by atoms with E-state index in [1.54, 1.807) is 6.92 Å². The van der Waals surface area contributed by atoms with E-state index in [0.717, 1.165) is 21.5 Å². The van der Waals surface area contributed by atoms with Gasteiger partial charge in [0, 0.05) is 10.4 Å². The second-order valence-corrected chi connectivity index (χ2v) is 8.23. The number of amides is 1. The highest BCUT2D eigenvalue weighted by Gasteiger charge is 2.35. The van der Waals surface area contributed by atoms with Crippen LogP contribution in [-0.4, -0.2) is 34.3 Å². The number of aromatic nitrogens is 2. The van der Waals surface area contributed by atoms with Gasteiger partial charge in [0.25, 0.3) is 5.91 Å². The first-order chi connectivity index (χ1) is 13.3. The van der Waals surface area contributed by atoms with Crippen molar-refractivity contribution in [2.75, 3.05) is 7.11 Å². The van der Waals surface area contributed by atoms with Crippen molar-refractivity contribution in [2.45, 2.75) is 39.3 Å². The maximum Gasteiger partial charge on any atom is 0.331 e. The Morgan fingerprint density at radius 2 is 2.07 bits per heavy atom. The standard InChI is InChI=1S/C20H22ClN3O3S/c1-5-20(3,19(26)27-4)22-17(25)16-10-14-12(2)23-24(18(14)28-16)11-13-8-6-7-9-15(13)21/h6-10H,5,11H2,1-4H3,(H,22,25). The first-order valence-electron chi connectivity index (χ1n) is 8.90. The van der Waals surface area contributed by atoms with Gasteiger partial charge in [-0.25, -0.2) is 4.79 Å². The third-order valence-electron chi connectivity index (χ3n) is 4.84. The summed E-state index contributed by atoms with van der Waals surface area (Å²) in [6.07, 6.45) is 0.426. The number of benzene rings is 1. The predicted molar refractivity (Wildman–Crippen MR) is 111 cm³/mol. The Morgan fingerprint density at radius 1 is 1.36 bits per heavy atom. The Kier molecular flexibility index (Phi) is 5.76. The highest BCUT2D eigenvalue weighted by Crippen LogP contribution is 2.30. The number of hydrogen-bond donors (Lipinski definition) is 1. The van der Waals surface area contributed by atoms with E-state index in [9.17, 15) is 9.59 Å². The number of esters is 1. The summed E-state index contributed by atoms with van der Waals surface area (Å²) in [5.74, 6) is -0.773. The van der Waals surface area contributed by atoms with Crippen molar-refractivity contribution in [3.05, 3.63) is 51.5 Å². The third-order valence-corrected chi connectivity index (χ3v) is 6.36. The van der Waals surface area contributed by atoms with Crippen LogP contribution in [0.25, 0.3) is 10.2 Å². The first-order valence-corrected chi connectivity index (χ1v) is 10.1. The molecule has 1 amide bonds. The number of ether oxygens (including phenoxy) is 1. The van der Waals surface area contributed by atoms with Gasteiger partial charge in [-0.2, -0.15) is 5.10 Å². The number of thiophene rings is 1. The van der Waals surface area contributed by atoms with Gasteiger partial charge in [0.15, 0.2) is 0 Å². The lowest BCUT2D eigenvalue weighted by Crippen LogP contribution is -2.52. The number of methoxy groups -OCH3 is 1. The minimum Gasteiger partial charge on any atom is -0.467 e. The summed E-state index contributed by atoms with van der Waals surface area (Å²) < 4.78 is 6.68. The van der Waals surface area contributed by atoms with Gasteiger partial charge in [-0.15, -0.1) is 11.3 Å². The Morgan fingerprint density at radius 3 is 2.71 bits per heavy atom. The van der Waals surface area contributed by atoms with Gasteiger partial charge < -0.3 is 10.1 Å². The zero-order chi connectivity index (χ0) is 20.5. The zero-order valence-electron chi connectivity index (χ0n) is 16.2. The molecule has 0 fully saturated rings. The van der Waals surface area contributed by atoms with Crippen LogP contribution in [0.5, 0.6) is 0 Å². The van der Waals surface area contributed by atoms with Crippen molar-refractivity contribution in [1.29, 1.82) is 0 Å². The number of rotatable bonds is 6. The molecule has 0 bridgehead atoms. The SMILES string of the molecule is CCC(C)(NC(=O)c1cc2c(C)nn(Cc3ccccc3Cl)c2s1)C(=O)OC. The zero-order valence-corrected chi connectivity index (χ0v) is 17.8. The smallest absolute Gasteiger partial charge is 0.331 e. The second-order valence-electron chi connectivity index (χ2n) is 6.80. The fourth-order valence-electron chi connectivity index (χ4n) is 2.94. The minimum atomic E-state index is -1.07. The van der Waals surface area contributed by atoms with Crippen molar-refractivity contribution < 1.29 is 14.3 Å². The van der Waals surface area contributed by atoms with E-state index >= 15 is 0 Å². The Bertz CT molecular complexity index is 1040. The monoisotopic (exact) mass is 419 g/mol. The van der Waals surface area contributed by atoms with Gasteiger partial charge in [0.1, 0.15) is 10.4 Å². The molecule has 3 rings (SSSR count). The molecule has 0 spiro atoms. The molecule has 0 saturated heterocycles. The molecule has 1 unspecified atom stereocenters. The number of nitrogens with one attached hydrogen (secondary N) is 1.